The summed E-state index contributed by atoms with van der Waals surface area (Å²) in [6.45, 7) is 4.03. The smallest absolute Gasteiger partial charge is 0 e. The van der Waals surface area contributed by atoms with Crippen molar-refractivity contribution in [3.05, 3.63) is 6.92 Å². The summed E-state index contributed by atoms with van der Waals surface area (Å²) in [4.78, 5) is 1.89. The first-order valence-corrected chi connectivity index (χ1v) is 2.29. The van der Waals surface area contributed by atoms with E-state index in [1.165, 1.54) is 0 Å². The molecule has 0 aliphatic rings. The minimum absolute atomic E-state index is 0. The second-order valence-corrected chi connectivity index (χ2v) is 1.92. The summed E-state index contributed by atoms with van der Waals surface area (Å²) in [6, 6.07) is 0. The Morgan fingerprint density at radius 2 is 2.00 bits per heavy atom. The Kier molecular flexibility index (Phi) is 9.05. The molecule has 2 nitrogen and oxygen atoms in total. The number of hydrogen-bond acceptors (Lipinski definition) is 2. The number of rotatable bonds is 2. The van der Waals surface area contributed by atoms with E-state index in [0.717, 1.165) is 0 Å². The van der Waals surface area contributed by atoms with E-state index < -0.39 is 6.10 Å². The predicted molar refractivity (Wildman–Crippen MR) is 29.9 cm³/mol. The van der Waals surface area contributed by atoms with Crippen molar-refractivity contribution in [3.8, 4) is 0 Å². The number of nitrogens with zero attached hydrogens (tertiary/aromatic N) is 1. The van der Waals surface area contributed by atoms with Crippen molar-refractivity contribution in [2.45, 2.75) is 6.10 Å². The fourth-order valence-corrected chi connectivity index (χ4v) is 0.421. The van der Waals surface area contributed by atoms with E-state index in [2.05, 4.69) is 6.92 Å². The number of hydrogen-bond donors (Lipinski definition) is 1. The van der Waals surface area contributed by atoms with E-state index in [0.29, 0.717) is 6.54 Å². The Morgan fingerprint density at radius 3 is 2.00 bits per heavy atom. The maximum Gasteiger partial charge on any atom is 0 e. The average molecular weight is 191 g/mol. The molecule has 1 N–H and O–H groups in total. The average Bonchev–Trinajstić information content (AvgIpc) is 1.27. The van der Waals surface area contributed by atoms with Gasteiger partial charge in [-0.3, -0.25) is 0 Å². The first-order chi connectivity index (χ1) is 3.13. The Morgan fingerprint density at radius 1 is 1.62 bits per heavy atom. The van der Waals surface area contributed by atoms with Crippen molar-refractivity contribution in [2.75, 3.05) is 20.6 Å². The van der Waals surface area contributed by atoms with Gasteiger partial charge >= 0.3 is 0 Å². The number of aliphatic hydroxyl groups is 1. The van der Waals surface area contributed by atoms with Gasteiger partial charge in [0.2, 0.25) is 0 Å². The van der Waals surface area contributed by atoms with Crippen molar-refractivity contribution in [1.29, 1.82) is 0 Å². The maximum atomic E-state index is 8.57. The molecule has 0 spiro atoms. The van der Waals surface area contributed by atoms with Crippen LogP contribution >= 0.6 is 0 Å². The molecule has 0 saturated heterocycles. The molecule has 0 bridgehead atoms. The van der Waals surface area contributed by atoms with E-state index in [1.807, 2.05) is 19.0 Å². The van der Waals surface area contributed by atoms with Crippen molar-refractivity contribution < 1.29 is 37.8 Å². The Labute approximate surface area is 76.1 Å². The molecule has 0 heterocycles. The Balaban J connectivity index is 0. The third kappa shape index (κ3) is 10.1. The van der Waals surface area contributed by atoms with Crippen LogP contribution in [-0.2, 0) is 32.7 Å². The monoisotopic (exact) mass is 191 g/mol. The van der Waals surface area contributed by atoms with Crippen LogP contribution in [0, 0.1) is 6.92 Å². The van der Waals surface area contributed by atoms with Crippen LogP contribution in [0.25, 0.3) is 0 Å². The van der Waals surface area contributed by atoms with Crippen LogP contribution < -0.4 is 0 Å². The van der Waals surface area contributed by atoms with Gasteiger partial charge < -0.3 is 16.9 Å². The molecule has 0 amide bonds. The van der Waals surface area contributed by atoms with Gasteiger partial charge in [0.15, 0.2) is 0 Å². The van der Waals surface area contributed by atoms with Crippen molar-refractivity contribution in [2.24, 2.45) is 0 Å². The largest absolute Gasteiger partial charge is 0.424 e. The van der Waals surface area contributed by atoms with E-state index in [-0.39, 0.29) is 32.7 Å². The van der Waals surface area contributed by atoms with Crippen LogP contribution in [0.5, 0.6) is 0 Å². The van der Waals surface area contributed by atoms with Crippen molar-refractivity contribution >= 4 is 0 Å². The summed E-state index contributed by atoms with van der Waals surface area (Å²) in [5, 5.41) is 8.57. The van der Waals surface area contributed by atoms with E-state index >= 15 is 0 Å². The molecule has 47 valence electrons. The van der Waals surface area contributed by atoms with Gasteiger partial charge in [-0.1, -0.05) is 6.10 Å². The summed E-state index contributed by atoms with van der Waals surface area (Å²) in [7, 11) is 3.79. The summed E-state index contributed by atoms with van der Waals surface area (Å²) >= 11 is 0. The number of aliphatic hydroxyl groups excluding tert-OH is 1. The van der Waals surface area contributed by atoms with Gasteiger partial charge in [0, 0.05) is 32.7 Å². The third-order valence-corrected chi connectivity index (χ3v) is 0.576. The fourth-order valence-electron chi connectivity index (χ4n) is 0.421. The first kappa shape index (κ1) is 11.8. The summed E-state index contributed by atoms with van der Waals surface area (Å²) in [5.74, 6) is 0. The maximum absolute atomic E-state index is 8.57. The minimum Gasteiger partial charge on any atom is -0.424 e. The zero-order valence-electron chi connectivity index (χ0n) is 5.46. The molecule has 1 unspecified atom stereocenters. The Hall–Kier alpha value is 1.02. The minimum atomic E-state index is -0.449. The molecule has 3 heteroatoms. The Bertz CT molecular complexity index is 41.7. The third-order valence-electron chi connectivity index (χ3n) is 0.576. The van der Waals surface area contributed by atoms with Crippen LogP contribution in [0.15, 0.2) is 0 Å². The summed E-state index contributed by atoms with van der Waals surface area (Å²) in [5.41, 5.74) is 0. The van der Waals surface area contributed by atoms with Crippen molar-refractivity contribution in [3.63, 3.8) is 0 Å². The molecule has 1 atom stereocenters. The SMILES string of the molecule is [CH2-]C(O)CN(C)C.[Y]. The zero-order valence-corrected chi connectivity index (χ0v) is 8.30. The van der Waals surface area contributed by atoms with Crippen LogP contribution in [0.2, 0.25) is 0 Å². The summed E-state index contributed by atoms with van der Waals surface area (Å²) in [6.07, 6.45) is -0.449. The molecule has 0 fully saturated rings. The molecule has 0 saturated carbocycles. The molecule has 0 aliphatic carbocycles. The second-order valence-electron chi connectivity index (χ2n) is 1.92. The quantitative estimate of drug-likeness (QED) is 0.608. The topological polar surface area (TPSA) is 23.5 Å². The molecule has 0 aliphatic heterocycles. The van der Waals surface area contributed by atoms with E-state index in [1.54, 1.807) is 0 Å². The van der Waals surface area contributed by atoms with Crippen LogP contribution in [-0.4, -0.2) is 36.8 Å². The van der Waals surface area contributed by atoms with Gasteiger partial charge in [-0.05, 0) is 20.6 Å². The number of likely N-dealkylation sites (N-methyl/N-ethyl adjacent to an activating group) is 1. The zero-order chi connectivity index (χ0) is 5.86. The normalized spacial score (nSPS) is 13.1. The van der Waals surface area contributed by atoms with E-state index in [4.69, 9.17) is 5.11 Å². The standard InChI is InChI=1S/C5H12NO.Y/c1-5(7)4-6(2)3;/h5,7H,1,4H2,2-3H3;/q-1;. The molecular weight excluding hydrogens is 179 g/mol. The predicted octanol–water partition coefficient (Wildman–Crippen LogP) is -0.260. The van der Waals surface area contributed by atoms with Gasteiger partial charge in [-0.2, -0.15) is 0 Å². The fraction of sp³-hybridized carbons (Fsp3) is 0.800. The molecule has 8 heavy (non-hydrogen) atoms. The summed E-state index contributed by atoms with van der Waals surface area (Å²) < 4.78 is 0. The van der Waals surface area contributed by atoms with Gasteiger partial charge in [-0.15, -0.1) is 0 Å². The van der Waals surface area contributed by atoms with Crippen LogP contribution in [0.3, 0.4) is 0 Å². The van der Waals surface area contributed by atoms with Gasteiger partial charge in [0.25, 0.3) is 0 Å². The second kappa shape index (κ2) is 6.15. The van der Waals surface area contributed by atoms with Crippen LogP contribution in [0.4, 0.5) is 0 Å². The van der Waals surface area contributed by atoms with Crippen molar-refractivity contribution in [1.82, 2.24) is 4.90 Å². The van der Waals surface area contributed by atoms with Gasteiger partial charge in [0.05, 0.1) is 0 Å². The van der Waals surface area contributed by atoms with Gasteiger partial charge in [-0.25, -0.2) is 0 Å². The van der Waals surface area contributed by atoms with Crippen LogP contribution in [0.1, 0.15) is 0 Å². The van der Waals surface area contributed by atoms with Gasteiger partial charge in [0.1, 0.15) is 0 Å². The molecule has 0 rings (SSSR count). The molecule has 0 aromatic rings. The molecular formula is C5H12NOY-. The van der Waals surface area contributed by atoms with E-state index in [9.17, 15) is 0 Å². The first-order valence-electron chi connectivity index (χ1n) is 2.29. The molecule has 0 aromatic carbocycles. The molecule has 0 aromatic heterocycles. The molecule has 1 radical (unpaired) electrons.